The fourth-order valence-electron chi connectivity index (χ4n) is 4.04. The lowest BCUT2D eigenvalue weighted by atomic mass is 9.95. The van der Waals surface area contributed by atoms with E-state index >= 15 is 0 Å². The molecule has 0 bridgehead atoms. The van der Waals surface area contributed by atoms with Gasteiger partial charge in [-0.1, -0.05) is 42.3 Å². The highest BCUT2D eigenvalue weighted by molar-refractivity contribution is 7.89. The summed E-state index contributed by atoms with van der Waals surface area (Å²) < 4.78 is 27.4. The molecule has 7 heteroatoms. The van der Waals surface area contributed by atoms with Crippen molar-refractivity contribution in [2.24, 2.45) is 5.92 Å². The summed E-state index contributed by atoms with van der Waals surface area (Å²) in [5.74, 6) is -0.446. The van der Waals surface area contributed by atoms with Gasteiger partial charge in [-0.2, -0.15) is 4.31 Å². The number of aryl methyl sites for hydroxylation is 2. The van der Waals surface area contributed by atoms with Gasteiger partial charge in [0, 0.05) is 18.1 Å². The standard InChI is InChI=1S/C23H29ClN2O3S/c1-4-22(21-12-7-16(2)14-17(21)3)25-23(27)18-6-5-13-26(15-18)30(28,29)20-10-8-19(24)9-11-20/h7-12,14,18,22H,4-6,13,15H2,1-3H3,(H,25,27). The van der Waals surface area contributed by atoms with Crippen molar-refractivity contribution in [3.8, 4) is 0 Å². The number of halogens is 1. The van der Waals surface area contributed by atoms with Crippen molar-refractivity contribution in [2.75, 3.05) is 13.1 Å². The van der Waals surface area contributed by atoms with Crippen molar-refractivity contribution in [3.05, 3.63) is 64.2 Å². The minimum atomic E-state index is -3.65. The summed E-state index contributed by atoms with van der Waals surface area (Å²) in [6.07, 6.45) is 2.11. The average Bonchev–Trinajstić information content (AvgIpc) is 2.72. The zero-order valence-corrected chi connectivity index (χ0v) is 19.3. The molecule has 0 spiro atoms. The number of nitrogens with zero attached hydrogens (tertiary/aromatic N) is 1. The fourth-order valence-corrected chi connectivity index (χ4v) is 5.69. The average molecular weight is 449 g/mol. The van der Waals surface area contributed by atoms with Crippen LogP contribution in [-0.4, -0.2) is 31.7 Å². The normalized spacial score (nSPS) is 18.7. The van der Waals surface area contributed by atoms with Crippen molar-refractivity contribution in [1.82, 2.24) is 9.62 Å². The van der Waals surface area contributed by atoms with Gasteiger partial charge < -0.3 is 5.32 Å². The van der Waals surface area contributed by atoms with Crippen molar-refractivity contribution in [1.29, 1.82) is 0 Å². The van der Waals surface area contributed by atoms with Crippen molar-refractivity contribution in [2.45, 2.75) is 51.0 Å². The van der Waals surface area contributed by atoms with E-state index in [1.807, 2.05) is 13.8 Å². The minimum Gasteiger partial charge on any atom is -0.349 e. The first-order chi connectivity index (χ1) is 14.2. The van der Waals surface area contributed by atoms with E-state index in [4.69, 9.17) is 11.6 Å². The third kappa shape index (κ3) is 5.05. The molecule has 1 aliphatic rings. The molecule has 0 radical (unpaired) electrons. The van der Waals surface area contributed by atoms with Crippen LogP contribution in [0.15, 0.2) is 47.4 Å². The molecule has 5 nitrogen and oxygen atoms in total. The monoisotopic (exact) mass is 448 g/mol. The van der Waals surface area contributed by atoms with Gasteiger partial charge in [0.2, 0.25) is 15.9 Å². The van der Waals surface area contributed by atoms with Crippen molar-refractivity contribution in [3.63, 3.8) is 0 Å². The summed E-state index contributed by atoms with van der Waals surface area (Å²) in [6.45, 7) is 6.76. The molecule has 0 saturated carbocycles. The van der Waals surface area contributed by atoms with Crippen molar-refractivity contribution < 1.29 is 13.2 Å². The molecule has 1 saturated heterocycles. The number of piperidine rings is 1. The van der Waals surface area contributed by atoms with E-state index < -0.39 is 10.0 Å². The molecule has 1 aliphatic heterocycles. The van der Waals surface area contributed by atoms with Crippen LogP contribution in [0.5, 0.6) is 0 Å². The summed E-state index contributed by atoms with van der Waals surface area (Å²) in [5, 5.41) is 3.64. The first-order valence-electron chi connectivity index (χ1n) is 10.4. The second-order valence-electron chi connectivity index (χ2n) is 7.99. The van der Waals surface area contributed by atoms with Crippen LogP contribution >= 0.6 is 11.6 Å². The summed E-state index contributed by atoms with van der Waals surface area (Å²) in [6, 6.07) is 12.3. The Morgan fingerprint density at radius 3 is 2.53 bits per heavy atom. The lowest BCUT2D eigenvalue weighted by Gasteiger charge is -2.32. The largest absolute Gasteiger partial charge is 0.349 e. The second kappa shape index (κ2) is 9.50. The predicted octanol–water partition coefficient (Wildman–Crippen LogP) is 4.63. The Kier molecular flexibility index (Phi) is 7.22. The van der Waals surface area contributed by atoms with Crippen LogP contribution in [-0.2, 0) is 14.8 Å². The second-order valence-corrected chi connectivity index (χ2v) is 10.4. The Bertz CT molecular complexity index is 1010. The van der Waals surface area contributed by atoms with E-state index in [-0.39, 0.29) is 29.3 Å². The molecular formula is C23H29ClN2O3S. The summed E-state index contributed by atoms with van der Waals surface area (Å²) >= 11 is 5.88. The van der Waals surface area contributed by atoms with E-state index in [0.717, 1.165) is 17.5 Å². The van der Waals surface area contributed by atoms with E-state index in [9.17, 15) is 13.2 Å². The first-order valence-corrected chi connectivity index (χ1v) is 12.2. The van der Waals surface area contributed by atoms with Gasteiger partial charge in [0.05, 0.1) is 16.9 Å². The molecule has 1 fully saturated rings. The Hall–Kier alpha value is -1.89. The number of carbonyl (C=O) groups excluding carboxylic acids is 1. The van der Waals surface area contributed by atoms with Crippen LogP contribution in [0.4, 0.5) is 0 Å². The van der Waals surface area contributed by atoms with Crippen LogP contribution in [0.25, 0.3) is 0 Å². The fraction of sp³-hybridized carbons (Fsp3) is 0.435. The number of hydrogen-bond acceptors (Lipinski definition) is 3. The molecule has 2 aromatic rings. The summed E-state index contributed by atoms with van der Waals surface area (Å²) in [5.41, 5.74) is 3.45. The maximum Gasteiger partial charge on any atom is 0.243 e. The van der Waals surface area contributed by atoms with Crippen molar-refractivity contribution >= 4 is 27.5 Å². The number of nitrogens with one attached hydrogen (secondary N) is 1. The molecule has 0 aromatic heterocycles. The maximum absolute atomic E-state index is 13.0. The molecule has 1 N–H and O–H groups in total. The Labute approximate surface area is 184 Å². The molecule has 0 aliphatic carbocycles. The van der Waals surface area contributed by atoms with Gasteiger partial charge in [0.1, 0.15) is 0 Å². The summed E-state index contributed by atoms with van der Waals surface area (Å²) in [7, 11) is -3.65. The number of rotatable bonds is 6. The molecule has 2 unspecified atom stereocenters. The van der Waals surface area contributed by atoms with Gasteiger partial charge in [0.25, 0.3) is 0 Å². The van der Waals surface area contributed by atoms with Gasteiger partial charge in [-0.3, -0.25) is 4.79 Å². The lowest BCUT2D eigenvalue weighted by Crippen LogP contribution is -2.46. The number of carbonyl (C=O) groups is 1. The molecule has 3 rings (SSSR count). The predicted molar refractivity (Wildman–Crippen MR) is 120 cm³/mol. The number of hydrogen-bond donors (Lipinski definition) is 1. The van der Waals surface area contributed by atoms with Crippen LogP contribution in [0.3, 0.4) is 0 Å². The van der Waals surface area contributed by atoms with Crippen LogP contribution < -0.4 is 5.32 Å². The molecule has 2 aromatic carbocycles. The molecule has 30 heavy (non-hydrogen) atoms. The van der Waals surface area contributed by atoms with Crippen LogP contribution in [0, 0.1) is 19.8 Å². The van der Waals surface area contributed by atoms with Gasteiger partial charge in [-0.25, -0.2) is 8.42 Å². The van der Waals surface area contributed by atoms with Crippen LogP contribution in [0.2, 0.25) is 5.02 Å². The quantitative estimate of drug-likeness (QED) is 0.700. The topological polar surface area (TPSA) is 66.5 Å². The molecular weight excluding hydrogens is 420 g/mol. The molecule has 2 atom stereocenters. The smallest absolute Gasteiger partial charge is 0.243 e. The Balaban J connectivity index is 1.72. The highest BCUT2D eigenvalue weighted by Gasteiger charge is 2.34. The van der Waals surface area contributed by atoms with E-state index in [2.05, 4.69) is 30.4 Å². The zero-order valence-electron chi connectivity index (χ0n) is 17.7. The first kappa shape index (κ1) is 22.8. The van der Waals surface area contributed by atoms with Crippen LogP contribution in [0.1, 0.15) is 48.9 Å². The number of amides is 1. The third-order valence-corrected chi connectivity index (χ3v) is 7.86. The highest BCUT2D eigenvalue weighted by Crippen LogP contribution is 2.27. The Morgan fingerprint density at radius 2 is 1.90 bits per heavy atom. The zero-order chi connectivity index (χ0) is 21.9. The van der Waals surface area contributed by atoms with E-state index in [1.165, 1.54) is 22.0 Å². The molecule has 1 heterocycles. The minimum absolute atomic E-state index is 0.0821. The number of sulfonamides is 1. The maximum atomic E-state index is 13.0. The number of benzene rings is 2. The third-order valence-electron chi connectivity index (χ3n) is 5.73. The Morgan fingerprint density at radius 1 is 1.20 bits per heavy atom. The van der Waals surface area contributed by atoms with E-state index in [0.29, 0.717) is 24.4 Å². The molecule has 162 valence electrons. The lowest BCUT2D eigenvalue weighted by molar-refractivity contribution is -0.126. The van der Waals surface area contributed by atoms with Gasteiger partial charge in [-0.05, 0) is 68.5 Å². The molecule has 1 amide bonds. The SMILES string of the molecule is CCC(NC(=O)C1CCCN(S(=O)(=O)c2ccc(Cl)cc2)C1)c1ccc(C)cc1C. The van der Waals surface area contributed by atoms with E-state index in [1.54, 1.807) is 12.1 Å². The van der Waals surface area contributed by atoms with Gasteiger partial charge in [-0.15, -0.1) is 0 Å². The highest BCUT2D eigenvalue weighted by atomic mass is 35.5. The van der Waals surface area contributed by atoms with Gasteiger partial charge >= 0.3 is 0 Å². The van der Waals surface area contributed by atoms with Gasteiger partial charge in [0.15, 0.2) is 0 Å². The summed E-state index contributed by atoms with van der Waals surface area (Å²) in [4.78, 5) is 13.2.